The van der Waals surface area contributed by atoms with Crippen molar-refractivity contribution < 1.29 is 0 Å². The van der Waals surface area contributed by atoms with Crippen molar-refractivity contribution in [3.63, 3.8) is 0 Å². The molecule has 1 N–H and O–H groups in total. The van der Waals surface area contributed by atoms with Gasteiger partial charge >= 0.3 is 0 Å². The van der Waals surface area contributed by atoms with E-state index in [2.05, 4.69) is 45.0 Å². The number of rotatable bonds is 5. The highest BCUT2D eigenvalue weighted by Crippen LogP contribution is 2.32. The fourth-order valence-corrected chi connectivity index (χ4v) is 4.02. The smallest absolute Gasteiger partial charge is 0.0354 e. The van der Waals surface area contributed by atoms with Gasteiger partial charge in [-0.3, -0.25) is 0 Å². The number of hydrogen-bond donors (Lipinski definition) is 1. The number of nitrogens with one attached hydrogen (secondary N) is 1. The van der Waals surface area contributed by atoms with Crippen LogP contribution in [0.2, 0.25) is 0 Å². The Bertz CT molecular complexity index is 391. The van der Waals surface area contributed by atoms with Gasteiger partial charge in [-0.1, -0.05) is 37.8 Å². The maximum Gasteiger partial charge on any atom is 0.0354 e. The summed E-state index contributed by atoms with van der Waals surface area (Å²) in [5.41, 5.74) is 2.94. The zero-order valence-corrected chi connectivity index (χ0v) is 13.4. The van der Waals surface area contributed by atoms with Crippen molar-refractivity contribution in [3.05, 3.63) is 26.4 Å². The minimum absolute atomic E-state index is 0.796. The van der Waals surface area contributed by atoms with E-state index in [1.54, 1.807) is 16.9 Å². The van der Waals surface area contributed by atoms with Gasteiger partial charge in [-0.25, -0.2) is 0 Å². The monoisotopic (exact) mass is 327 g/mol. The van der Waals surface area contributed by atoms with Crippen LogP contribution < -0.4 is 5.32 Å². The number of likely N-dealkylation sites (N-methyl/N-ethyl adjacent to an activating group) is 1. The van der Waals surface area contributed by atoms with Gasteiger partial charge in [0.05, 0.1) is 0 Å². The molecule has 1 aliphatic rings. The van der Waals surface area contributed by atoms with E-state index in [0.29, 0.717) is 0 Å². The van der Waals surface area contributed by atoms with Crippen LogP contribution in [0.1, 0.15) is 44.6 Å². The molecule has 0 aliphatic heterocycles. The summed E-state index contributed by atoms with van der Waals surface area (Å²) >= 11 is 5.40. The summed E-state index contributed by atoms with van der Waals surface area (Å²) in [4.78, 5) is 0. The molecule has 2 rings (SSSR count). The third-order valence-electron chi connectivity index (χ3n) is 3.69. The van der Waals surface area contributed by atoms with Crippen molar-refractivity contribution in [2.45, 2.75) is 39.0 Å². The van der Waals surface area contributed by atoms with Crippen molar-refractivity contribution in [3.8, 4) is 0 Å². The normalized spacial score (nSPS) is 18.2. The van der Waals surface area contributed by atoms with E-state index in [-0.39, 0.29) is 0 Å². The number of hydrogen-bond acceptors (Lipinski definition) is 2. The van der Waals surface area contributed by atoms with Gasteiger partial charge in [-0.15, -0.1) is 0 Å². The predicted octanol–water partition coefficient (Wildman–Crippen LogP) is 5.08. The molecule has 1 heterocycles. The first-order valence-corrected chi connectivity index (χ1v) is 8.67. The van der Waals surface area contributed by atoms with Crippen LogP contribution in [-0.2, 0) is 0 Å². The Labute approximate surface area is 123 Å². The highest BCUT2D eigenvalue weighted by Gasteiger charge is 2.17. The summed E-state index contributed by atoms with van der Waals surface area (Å²) in [5, 5.41) is 7.90. The lowest BCUT2D eigenvalue weighted by atomic mass is 9.83. The lowest BCUT2D eigenvalue weighted by Gasteiger charge is -2.25. The molecule has 18 heavy (non-hydrogen) atoms. The van der Waals surface area contributed by atoms with E-state index in [4.69, 9.17) is 0 Å². The van der Waals surface area contributed by atoms with Gasteiger partial charge in [-0.05, 0) is 52.2 Å². The standard InChI is InChI=1S/C15H22BrNS/c1-2-17-9-13(12-6-4-3-5-7-12)8-14-10-18-11-15(14)16/h8,10-12,17H,2-7,9H2,1H3/b13-8-. The van der Waals surface area contributed by atoms with Crippen molar-refractivity contribution in [1.29, 1.82) is 0 Å². The van der Waals surface area contributed by atoms with Crippen LogP contribution in [-0.4, -0.2) is 13.1 Å². The molecule has 0 aromatic carbocycles. The molecule has 1 fully saturated rings. The van der Waals surface area contributed by atoms with Crippen LogP contribution in [0.5, 0.6) is 0 Å². The van der Waals surface area contributed by atoms with E-state index < -0.39 is 0 Å². The summed E-state index contributed by atoms with van der Waals surface area (Å²) < 4.78 is 1.23. The zero-order valence-electron chi connectivity index (χ0n) is 11.0. The Balaban J connectivity index is 2.13. The third-order valence-corrected chi connectivity index (χ3v) is 5.44. The van der Waals surface area contributed by atoms with Crippen LogP contribution >= 0.6 is 27.3 Å². The molecule has 0 unspecified atom stereocenters. The van der Waals surface area contributed by atoms with E-state index in [0.717, 1.165) is 19.0 Å². The fourth-order valence-electron chi connectivity index (χ4n) is 2.65. The second-order valence-corrected chi connectivity index (χ2v) is 6.61. The molecule has 1 aromatic heterocycles. The largest absolute Gasteiger partial charge is 0.313 e. The average Bonchev–Trinajstić information content (AvgIpc) is 2.81. The second-order valence-electron chi connectivity index (χ2n) is 5.01. The minimum atomic E-state index is 0.796. The predicted molar refractivity (Wildman–Crippen MR) is 85.1 cm³/mol. The lowest BCUT2D eigenvalue weighted by molar-refractivity contribution is 0.397. The maximum absolute atomic E-state index is 3.63. The van der Waals surface area contributed by atoms with E-state index in [9.17, 15) is 0 Å². The Kier molecular flexibility index (Phi) is 5.93. The van der Waals surface area contributed by atoms with E-state index in [1.165, 1.54) is 42.1 Å². The number of thiophene rings is 1. The molecule has 0 bridgehead atoms. The SMILES string of the molecule is CCNC/C(=C/c1cscc1Br)C1CCCCC1. The molecule has 3 heteroatoms. The molecule has 0 atom stereocenters. The van der Waals surface area contributed by atoms with Crippen molar-refractivity contribution >= 4 is 33.3 Å². The van der Waals surface area contributed by atoms with Crippen LogP contribution in [0.4, 0.5) is 0 Å². The maximum atomic E-state index is 3.63. The Morgan fingerprint density at radius 2 is 2.17 bits per heavy atom. The zero-order chi connectivity index (χ0) is 12.8. The minimum Gasteiger partial charge on any atom is -0.313 e. The lowest BCUT2D eigenvalue weighted by Crippen LogP contribution is -2.22. The summed E-state index contributed by atoms with van der Waals surface area (Å²) in [7, 11) is 0. The topological polar surface area (TPSA) is 12.0 Å². The summed E-state index contributed by atoms with van der Waals surface area (Å²) in [6.07, 6.45) is 9.38. The molecule has 1 nitrogen and oxygen atoms in total. The average molecular weight is 328 g/mol. The van der Waals surface area contributed by atoms with Crippen LogP contribution in [0, 0.1) is 5.92 Å². The Morgan fingerprint density at radius 3 is 2.78 bits per heavy atom. The molecule has 1 aromatic rings. The number of halogens is 1. The van der Waals surface area contributed by atoms with Gasteiger partial charge in [0.2, 0.25) is 0 Å². The quantitative estimate of drug-likeness (QED) is 0.794. The van der Waals surface area contributed by atoms with Crippen molar-refractivity contribution in [2.75, 3.05) is 13.1 Å². The van der Waals surface area contributed by atoms with Gasteiger partial charge in [0.1, 0.15) is 0 Å². The molecule has 0 spiro atoms. The third kappa shape index (κ3) is 3.94. The molecule has 0 amide bonds. The molecule has 100 valence electrons. The molecule has 1 aliphatic carbocycles. The van der Waals surface area contributed by atoms with E-state index >= 15 is 0 Å². The summed E-state index contributed by atoms with van der Waals surface area (Å²) in [6, 6.07) is 0. The van der Waals surface area contributed by atoms with Crippen LogP contribution in [0.15, 0.2) is 20.8 Å². The highest BCUT2D eigenvalue weighted by atomic mass is 79.9. The highest BCUT2D eigenvalue weighted by molar-refractivity contribution is 9.10. The first kappa shape index (κ1) is 14.3. The Hall–Kier alpha value is -0.120. The van der Waals surface area contributed by atoms with Gasteiger partial charge in [0, 0.05) is 16.4 Å². The van der Waals surface area contributed by atoms with Gasteiger partial charge in [0.15, 0.2) is 0 Å². The van der Waals surface area contributed by atoms with Crippen LogP contribution in [0.3, 0.4) is 0 Å². The summed E-state index contributed by atoms with van der Waals surface area (Å²) in [6.45, 7) is 4.28. The fraction of sp³-hybridized carbons (Fsp3) is 0.600. The molecule has 0 radical (unpaired) electrons. The molecule has 0 saturated heterocycles. The molecule has 1 saturated carbocycles. The molecular formula is C15H22BrNS. The van der Waals surface area contributed by atoms with Gasteiger partial charge in [-0.2, -0.15) is 11.3 Å². The van der Waals surface area contributed by atoms with Crippen molar-refractivity contribution in [1.82, 2.24) is 5.32 Å². The van der Waals surface area contributed by atoms with Crippen LogP contribution in [0.25, 0.3) is 6.08 Å². The summed E-state index contributed by atoms with van der Waals surface area (Å²) in [5.74, 6) is 0.796. The van der Waals surface area contributed by atoms with Gasteiger partial charge < -0.3 is 5.32 Å². The molecular weight excluding hydrogens is 306 g/mol. The van der Waals surface area contributed by atoms with Gasteiger partial charge in [0.25, 0.3) is 0 Å². The van der Waals surface area contributed by atoms with E-state index in [1.807, 2.05) is 0 Å². The second kappa shape index (κ2) is 7.46. The first-order valence-electron chi connectivity index (χ1n) is 6.94. The van der Waals surface area contributed by atoms with Crippen molar-refractivity contribution in [2.24, 2.45) is 5.92 Å². The Morgan fingerprint density at radius 1 is 1.39 bits per heavy atom. The first-order chi connectivity index (χ1) is 8.81.